The highest BCUT2D eigenvalue weighted by Gasteiger charge is 2.18. The van der Waals surface area contributed by atoms with E-state index in [1.165, 1.54) is 19.2 Å². The molecule has 0 aliphatic rings. The zero-order chi connectivity index (χ0) is 25.5. The van der Waals surface area contributed by atoms with E-state index in [1.54, 1.807) is 39.8 Å². The Morgan fingerprint density at radius 1 is 1.06 bits per heavy atom. The number of nitrogens with two attached hydrogens (primary N) is 1. The van der Waals surface area contributed by atoms with Gasteiger partial charge >= 0.3 is 0 Å². The van der Waals surface area contributed by atoms with Gasteiger partial charge in [-0.25, -0.2) is 4.39 Å². The molecule has 0 bridgehead atoms. The molecule has 0 saturated heterocycles. The molecule has 0 spiro atoms. The van der Waals surface area contributed by atoms with Gasteiger partial charge in [-0.05, 0) is 28.8 Å². The number of amides is 1. The van der Waals surface area contributed by atoms with Crippen molar-refractivity contribution in [2.45, 2.75) is 32.8 Å². The molecule has 2 aromatic carbocycles. The molecular weight excluding hydrogens is 461 g/mol. The van der Waals surface area contributed by atoms with Gasteiger partial charge in [-0.15, -0.1) is 0 Å². The van der Waals surface area contributed by atoms with Crippen LogP contribution in [-0.2, 0) is 37.5 Å². The fraction of sp³-hybridized carbons (Fsp3) is 0.222. The van der Waals surface area contributed by atoms with Crippen molar-refractivity contribution in [2.24, 2.45) is 5.73 Å². The Bertz CT molecular complexity index is 1400. The summed E-state index contributed by atoms with van der Waals surface area (Å²) in [4.78, 5) is 24.9. The Morgan fingerprint density at radius 3 is 2.50 bits per heavy atom. The Labute approximate surface area is 208 Å². The second-order valence-electron chi connectivity index (χ2n) is 8.37. The first-order valence-electron chi connectivity index (χ1n) is 11.5. The van der Waals surface area contributed by atoms with Gasteiger partial charge in [0, 0.05) is 44.2 Å². The number of carbonyl (C=O) groups excluding carboxylic acids is 1. The molecule has 4 aromatic rings. The van der Waals surface area contributed by atoms with E-state index in [0.29, 0.717) is 35.5 Å². The van der Waals surface area contributed by atoms with Crippen molar-refractivity contribution in [1.29, 1.82) is 0 Å². The number of aromatic nitrogens is 3. The van der Waals surface area contributed by atoms with E-state index in [9.17, 15) is 14.0 Å². The molecule has 2 heterocycles. The molecule has 0 aliphatic carbocycles. The number of benzene rings is 2. The van der Waals surface area contributed by atoms with E-state index < -0.39 is 5.82 Å². The van der Waals surface area contributed by atoms with Crippen LogP contribution < -0.4 is 16.6 Å². The molecule has 1 amide bonds. The third-order valence-corrected chi connectivity index (χ3v) is 5.84. The van der Waals surface area contributed by atoms with Crippen LogP contribution in [0, 0.1) is 5.82 Å². The molecule has 36 heavy (non-hydrogen) atoms. The quantitative estimate of drug-likeness (QED) is 0.357. The van der Waals surface area contributed by atoms with Gasteiger partial charge in [0.2, 0.25) is 0 Å². The van der Waals surface area contributed by atoms with E-state index >= 15 is 0 Å². The standard InChI is InChI=1S/C27H28FN5O3/c1-36-18-25-23(27(35)30-14-22-21(13-29)5-4-6-24(22)28)17-33(31-25)16-20-10-8-19(9-11-20)15-32-12-3-2-7-26(32)34/h2-12,17H,13-16,18,29H2,1H3,(H,30,35). The van der Waals surface area contributed by atoms with Crippen LogP contribution in [0.15, 0.2) is 77.9 Å². The maximum absolute atomic E-state index is 14.2. The van der Waals surface area contributed by atoms with E-state index in [4.69, 9.17) is 10.5 Å². The minimum absolute atomic E-state index is 0.0155. The molecule has 4 rings (SSSR count). The van der Waals surface area contributed by atoms with E-state index in [2.05, 4.69) is 10.4 Å². The van der Waals surface area contributed by atoms with Gasteiger partial charge < -0.3 is 20.4 Å². The SMILES string of the molecule is COCc1nn(Cc2ccc(Cn3ccccc3=O)cc2)cc1C(=O)NCc1c(F)cccc1CN. The van der Waals surface area contributed by atoms with Crippen molar-refractivity contribution in [2.75, 3.05) is 7.11 Å². The lowest BCUT2D eigenvalue weighted by molar-refractivity contribution is 0.0945. The Kier molecular flexibility index (Phi) is 8.04. The van der Waals surface area contributed by atoms with E-state index in [-0.39, 0.29) is 31.2 Å². The van der Waals surface area contributed by atoms with Crippen LogP contribution in [0.25, 0.3) is 0 Å². The van der Waals surface area contributed by atoms with Gasteiger partial charge in [0.25, 0.3) is 11.5 Å². The third kappa shape index (κ3) is 5.94. The van der Waals surface area contributed by atoms with E-state index in [1.807, 2.05) is 30.3 Å². The number of carbonyl (C=O) groups is 1. The monoisotopic (exact) mass is 489 g/mol. The molecule has 0 fully saturated rings. The number of nitrogens with zero attached hydrogens (tertiary/aromatic N) is 3. The average molecular weight is 490 g/mol. The number of ether oxygens (including phenoxy) is 1. The Hall–Kier alpha value is -4.08. The first kappa shape index (κ1) is 25.0. The number of hydrogen-bond donors (Lipinski definition) is 2. The van der Waals surface area contributed by atoms with Crippen molar-refractivity contribution in [1.82, 2.24) is 19.7 Å². The molecule has 0 aliphatic heterocycles. The Morgan fingerprint density at radius 2 is 1.81 bits per heavy atom. The summed E-state index contributed by atoms with van der Waals surface area (Å²) in [7, 11) is 1.53. The predicted molar refractivity (Wildman–Crippen MR) is 134 cm³/mol. The fourth-order valence-electron chi connectivity index (χ4n) is 3.96. The molecule has 0 atom stereocenters. The van der Waals surface area contributed by atoms with Gasteiger partial charge in [-0.3, -0.25) is 14.3 Å². The second kappa shape index (κ2) is 11.6. The van der Waals surface area contributed by atoms with Crippen LogP contribution in [0.4, 0.5) is 4.39 Å². The summed E-state index contributed by atoms with van der Waals surface area (Å²) in [6.45, 7) is 1.28. The topological polar surface area (TPSA) is 104 Å². The minimum atomic E-state index is -0.411. The lowest BCUT2D eigenvalue weighted by Crippen LogP contribution is -2.25. The van der Waals surface area contributed by atoms with Crippen LogP contribution in [0.1, 0.15) is 38.3 Å². The van der Waals surface area contributed by atoms with Crippen molar-refractivity contribution in [3.8, 4) is 0 Å². The summed E-state index contributed by atoms with van der Waals surface area (Å²) in [5.74, 6) is -0.783. The second-order valence-corrected chi connectivity index (χ2v) is 8.37. The predicted octanol–water partition coefficient (Wildman–Crippen LogP) is 2.82. The zero-order valence-corrected chi connectivity index (χ0v) is 20.0. The van der Waals surface area contributed by atoms with Crippen LogP contribution in [0.2, 0.25) is 0 Å². The molecule has 2 aromatic heterocycles. The number of methoxy groups -OCH3 is 1. The highest BCUT2D eigenvalue weighted by molar-refractivity contribution is 5.95. The summed E-state index contributed by atoms with van der Waals surface area (Å²) in [5, 5.41) is 7.29. The van der Waals surface area contributed by atoms with Crippen molar-refractivity contribution in [3.63, 3.8) is 0 Å². The number of hydrogen-bond acceptors (Lipinski definition) is 5. The molecule has 3 N–H and O–H groups in total. The largest absolute Gasteiger partial charge is 0.378 e. The van der Waals surface area contributed by atoms with Crippen LogP contribution >= 0.6 is 0 Å². The molecule has 186 valence electrons. The number of halogens is 1. The molecule has 0 unspecified atom stereocenters. The number of nitrogens with one attached hydrogen (secondary N) is 1. The van der Waals surface area contributed by atoms with Crippen molar-refractivity contribution < 1.29 is 13.9 Å². The third-order valence-electron chi connectivity index (χ3n) is 5.84. The highest BCUT2D eigenvalue weighted by atomic mass is 19.1. The lowest BCUT2D eigenvalue weighted by Gasteiger charge is -2.10. The first-order valence-corrected chi connectivity index (χ1v) is 11.5. The molecule has 9 heteroatoms. The van der Waals surface area contributed by atoms with Crippen molar-refractivity contribution >= 4 is 5.91 Å². The summed E-state index contributed by atoms with van der Waals surface area (Å²) < 4.78 is 22.8. The summed E-state index contributed by atoms with van der Waals surface area (Å²) in [6.07, 6.45) is 3.42. The maximum atomic E-state index is 14.2. The van der Waals surface area contributed by atoms with Gasteiger partial charge in [0.05, 0.1) is 25.3 Å². The molecular formula is C27H28FN5O3. The molecule has 0 saturated carbocycles. The maximum Gasteiger partial charge on any atom is 0.255 e. The zero-order valence-electron chi connectivity index (χ0n) is 20.0. The molecule has 8 nitrogen and oxygen atoms in total. The normalized spacial score (nSPS) is 11.0. The van der Waals surface area contributed by atoms with E-state index in [0.717, 1.165) is 11.1 Å². The summed E-state index contributed by atoms with van der Waals surface area (Å²) in [5.41, 5.74) is 9.50. The highest BCUT2D eigenvalue weighted by Crippen LogP contribution is 2.15. The van der Waals surface area contributed by atoms with Crippen molar-refractivity contribution in [3.05, 3.63) is 123 Å². The smallest absolute Gasteiger partial charge is 0.255 e. The van der Waals surface area contributed by atoms with Crippen LogP contribution in [-0.4, -0.2) is 27.4 Å². The fourth-order valence-corrected chi connectivity index (χ4v) is 3.96. The van der Waals surface area contributed by atoms with Gasteiger partial charge in [-0.2, -0.15) is 5.10 Å². The summed E-state index contributed by atoms with van der Waals surface area (Å²) >= 11 is 0. The first-order chi connectivity index (χ1) is 17.5. The lowest BCUT2D eigenvalue weighted by atomic mass is 10.1. The van der Waals surface area contributed by atoms with Crippen LogP contribution in [0.5, 0.6) is 0 Å². The number of pyridine rings is 1. The van der Waals surface area contributed by atoms with Gasteiger partial charge in [0.15, 0.2) is 0 Å². The summed E-state index contributed by atoms with van der Waals surface area (Å²) in [6, 6.07) is 17.6. The van der Waals surface area contributed by atoms with Gasteiger partial charge in [0.1, 0.15) is 11.5 Å². The average Bonchev–Trinajstić information content (AvgIpc) is 3.28. The minimum Gasteiger partial charge on any atom is -0.378 e. The Balaban J connectivity index is 1.46. The van der Waals surface area contributed by atoms with Crippen LogP contribution in [0.3, 0.4) is 0 Å². The molecule has 0 radical (unpaired) electrons. The number of rotatable bonds is 10. The van der Waals surface area contributed by atoms with Gasteiger partial charge in [-0.1, -0.05) is 42.5 Å².